The number of hydrogen-bond donors (Lipinski definition) is 0. The summed E-state index contributed by atoms with van der Waals surface area (Å²) in [6.07, 6.45) is -2.99. The van der Waals surface area contributed by atoms with E-state index >= 15 is 0 Å². The van der Waals surface area contributed by atoms with Crippen LogP contribution >= 0.6 is 0 Å². The van der Waals surface area contributed by atoms with Crippen LogP contribution < -0.4 is 14.4 Å². The first-order valence-electron chi connectivity index (χ1n) is 9.60. The fraction of sp³-hybridized carbons (Fsp3) is 0.273. The van der Waals surface area contributed by atoms with Gasteiger partial charge in [-0.25, -0.2) is 4.98 Å². The molecule has 0 N–H and O–H groups in total. The lowest BCUT2D eigenvalue weighted by Crippen LogP contribution is -2.20. The Bertz CT molecular complexity index is 948. The summed E-state index contributed by atoms with van der Waals surface area (Å²) in [6.45, 7) is 4.94. The lowest BCUT2D eigenvalue weighted by Gasteiger charge is -2.22. The van der Waals surface area contributed by atoms with E-state index in [0.717, 1.165) is 24.1 Å². The summed E-state index contributed by atoms with van der Waals surface area (Å²) < 4.78 is 51.4. The highest BCUT2D eigenvalue weighted by molar-refractivity contribution is 5.59. The Balaban J connectivity index is 1.94. The number of ether oxygens (including phenoxy) is 2. The zero-order valence-electron chi connectivity index (χ0n) is 16.7. The van der Waals surface area contributed by atoms with Crippen molar-refractivity contribution >= 4 is 11.6 Å². The van der Waals surface area contributed by atoms with Gasteiger partial charge in [-0.2, -0.15) is 18.2 Å². The number of aromatic nitrogens is 2. The Labute approximate surface area is 173 Å². The van der Waals surface area contributed by atoms with E-state index in [1.165, 1.54) is 0 Å². The van der Waals surface area contributed by atoms with E-state index in [4.69, 9.17) is 9.47 Å². The molecule has 0 fully saturated rings. The Morgan fingerprint density at radius 1 is 0.933 bits per heavy atom. The molecule has 0 unspecified atom stereocenters. The van der Waals surface area contributed by atoms with Crippen molar-refractivity contribution in [3.8, 4) is 17.4 Å². The van der Waals surface area contributed by atoms with Gasteiger partial charge in [0.2, 0.25) is 11.8 Å². The lowest BCUT2D eigenvalue weighted by molar-refractivity contribution is -0.139. The van der Waals surface area contributed by atoms with Crippen molar-refractivity contribution in [2.45, 2.75) is 26.4 Å². The van der Waals surface area contributed by atoms with Crippen LogP contribution in [0.4, 0.5) is 24.8 Å². The summed E-state index contributed by atoms with van der Waals surface area (Å²) in [6, 6.07) is 15.5. The van der Waals surface area contributed by atoms with Crippen molar-refractivity contribution in [2.75, 3.05) is 18.1 Å². The van der Waals surface area contributed by atoms with Gasteiger partial charge in [0.25, 0.3) is 0 Å². The maximum atomic E-state index is 13.4. The molecule has 1 aromatic heterocycles. The van der Waals surface area contributed by atoms with Crippen LogP contribution in [0, 0.1) is 0 Å². The van der Waals surface area contributed by atoms with Crippen molar-refractivity contribution in [2.24, 2.45) is 0 Å². The van der Waals surface area contributed by atoms with Gasteiger partial charge in [-0.1, -0.05) is 25.1 Å². The van der Waals surface area contributed by atoms with E-state index in [2.05, 4.69) is 9.97 Å². The van der Waals surface area contributed by atoms with Gasteiger partial charge in [0.1, 0.15) is 17.1 Å². The molecule has 8 heteroatoms. The number of rotatable bonds is 8. The number of hydrogen-bond acceptors (Lipinski definition) is 5. The molecule has 0 bridgehead atoms. The normalized spacial score (nSPS) is 11.2. The maximum absolute atomic E-state index is 13.4. The number of benzene rings is 2. The zero-order chi connectivity index (χ0) is 21.6. The van der Waals surface area contributed by atoms with Crippen LogP contribution in [0.15, 0.2) is 60.8 Å². The monoisotopic (exact) mass is 417 g/mol. The third-order valence-corrected chi connectivity index (χ3v) is 4.18. The Morgan fingerprint density at radius 2 is 1.63 bits per heavy atom. The third kappa shape index (κ3) is 5.20. The maximum Gasteiger partial charge on any atom is 0.423 e. The topological polar surface area (TPSA) is 47.5 Å². The largest absolute Gasteiger partial charge is 0.494 e. The van der Waals surface area contributed by atoms with Crippen molar-refractivity contribution < 1.29 is 22.6 Å². The van der Waals surface area contributed by atoms with Crippen molar-refractivity contribution in [3.05, 3.63) is 66.4 Å². The van der Waals surface area contributed by atoms with E-state index in [1.807, 2.05) is 26.0 Å². The highest BCUT2D eigenvalue weighted by atomic mass is 19.4. The minimum absolute atomic E-state index is 0.110. The van der Waals surface area contributed by atoms with E-state index in [-0.39, 0.29) is 11.7 Å². The molecule has 3 rings (SSSR count). The molecule has 0 aliphatic carbocycles. The number of anilines is 2. The lowest BCUT2D eigenvalue weighted by atomic mass is 10.2. The second-order valence-corrected chi connectivity index (χ2v) is 6.39. The van der Waals surface area contributed by atoms with Crippen LogP contribution in [0.3, 0.4) is 0 Å². The molecule has 1 heterocycles. The van der Waals surface area contributed by atoms with Crippen LogP contribution in [0.1, 0.15) is 25.8 Å². The van der Waals surface area contributed by atoms with E-state index in [1.54, 1.807) is 47.4 Å². The summed E-state index contributed by atoms with van der Waals surface area (Å²) >= 11 is 0. The van der Waals surface area contributed by atoms with Crippen LogP contribution in [0.25, 0.3) is 0 Å². The summed E-state index contributed by atoms with van der Waals surface area (Å²) in [5, 5.41) is 0. The first kappa shape index (κ1) is 21.4. The van der Waals surface area contributed by atoms with Crippen molar-refractivity contribution in [1.29, 1.82) is 0 Å². The zero-order valence-corrected chi connectivity index (χ0v) is 16.7. The highest BCUT2D eigenvalue weighted by Gasteiger charge is 2.37. The molecule has 0 radical (unpaired) electrons. The fourth-order valence-corrected chi connectivity index (χ4v) is 2.74. The number of nitrogens with zero attached hydrogens (tertiary/aromatic N) is 3. The van der Waals surface area contributed by atoms with Gasteiger partial charge in [0.15, 0.2) is 0 Å². The highest BCUT2D eigenvalue weighted by Crippen LogP contribution is 2.38. The molecule has 0 saturated heterocycles. The molecular formula is C22H22F3N3O2. The molecule has 0 atom stereocenters. The molecule has 0 amide bonds. The Morgan fingerprint density at radius 3 is 2.23 bits per heavy atom. The van der Waals surface area contributed by atoms with Gasteiger partial charge in [0.05, 0.1) is 6.61 Å². The molecule has 30 heavy (non-hydrogen) atoms. The molecule has 0 aliphatic heterocycles. The standard InChI is InChI=1S/C22H22F3N3O2/c1-3-14-29-17-12-10-16(11-13-17)28(4-2)21-26-15-19(22(23,24)25)20(27-21)30-18-8-6-5-7-9-18/h5-13,15H,3-4,14H2,1-2H3. The second-order valence-electron chi connectivity index (χ2n) is 6.39. The minimum atomic E-state index is -4.64. The van der Waals surface area contributed by atoms with Crippen molar-refractivity contribution in [3.63, 3.8) is 0 Å². The summed E-state index contributed by atoms with van der Waals surface area (Å²) in [5.74, 6) is 0.546. The predicted octanol–water partition coefficient (Wildman–Crippen LogP) is 6.23. The average molecular weight is 417 g/mol. The molecule has 158 valence electrons. The number of alkyl halides is 3. The molecule has 0 aliphatic rings. The van der Waals surface area contributed by atoms with Gasteiger partial charge in [-0.3, -0.25) is 0 Å². The summed E-state index contributed by atoms with van der Waals surface area (Å²) in [7, 11) is 0. The van der Waals surface area contributed by atoms with Crippen LogP contribution in [-0.4, -0.2) is 23.1 Å². The summed E-state index contributed by atoms with van der Waals surface area (Å²) in [5.41, 5.74) is -0.304. The van der Waals surface area contributed by atoms with E-state index < -0.39 is 17.6 Å². The van der Waals surface area contributed by atoms with Crippen LogP contribution in [-0.2, 0) is 6.18 Å². The molecule has 3 aromatic rings. The van der Waals surface area contributed by atoms with Crippen LogP contribution in [0.5, 0.6) is 17.4 Å². The Hall–Kier alpha value is -3.29. The van der Waals surface area contributed by atoms with Crippen LogP contribution in [0.2, 0.25) is 0 Å². The third-order valence-electron chi connectivity index (χ3n) is 4.18. The fourth-order valence-electron chi connectivity index (χ4n) is 2.74. The molecule has 0 saturated carbocycles. The SMILES string of the molecule is CCCOc1ccc(N(CC)c2ncc(C(F)(F)F)c(Oc3ccccc3)n2)cc1. The first-order chi connectivity index (χ1) is 14.4. The van der Waals surface area contributed by atoms with Gasteiger partial charge in [-0.05, 0) is 49.7 Å². The van der Waals surface area contributed by atoms with Gasteiger partial charge in [0, 0.05) is 18.4 Å². The molecule has 5 nitrogen and oxygen atoms in total. The van der Waals surface area contributed by atoms with Gasteiger partial charge < -0.3 is 14.4 Å². The Kier molecular flexibility index (Phi) is 6.76. The molecular weight excluding hydrogens is 395 g/mol. The number of para-hydroxylation sites is 1. The summed E-state index contributed by atoms with van der Waals surface area (Å²) in [4.78, 5) is 9.74. The molecule has 0 spiro atoms. The quantitative estimate of drug-likeness (QED) is 0.435. The van der Waals surface area contributed by atoms with Crippen molar-refractivity contribution in [1.82, 2.24) is 9.97 Å². The van der Waals surface area contributed by atoms with E-state index in [9.17, 15) is 13.2 Å². The smallest absolute Gasteiger partial charge is 0.423 e. The average Bonchev–Trinajstić information content (AvgIpc) is 2.74. The van der Waals surface area contributed by atoms with Gasteiger partial charge >= 0.3 is 6.18 Å². The molecule has 2 aromatic carbocycles. The second kappa shape index (κ2) is 9.47. The predicted molar refractivity (Wildman–Crippen MR) is 108 cm³/mol. The van der Waals surface area contributed by atoms with E-state index in [0.29, 0.717) is 13.2 Å². The first-order valence-corrected chi connectivity index (χ1v) is 9.60. The number of halogens is 3. The minimum Gasteiger partial charge on any atom is -0.494 e. The van der Waals surface area contributed by atoms with Gasteiger partial charge in [-0.15, -0.1) is 0 Å².